The first-order valence-electron chi connectivity index (χ1n) is 5.26. The normalized spacial score (nSPS) is 9.71. The molecule has 0 saturated heterocycles. The molecule has 2 N–H and O–H groups in total. The molecule has 0 aromatic heterocycles. The maximum atomic E-state index is 11.0. The number of nitrogens with one attached hydrogen (secondary N) is 1. The second-order valence-corrected chi connectivity index (χ2v) is 3.45. The van der Waals surface area contributed by atoms with E-state index >= 15 is 0 Å². The van der Waals surface area contributed by atoms with Crippen LogP contribution in [0.25, 0.3) is 0 Å². The van der Waals surface area contributed by atoms with Crippen LogP contribution in [0, 0.1) is 0 Å². The summed E-state index contributed by atoms with van der Waals surface area (Å²) >= 11 is 0. The van der Waals surface area contributed by atoms with Gasteiger partial charge in [0.05, 0.1) is 19.4 Å². The summed E-state index contributed by atoms with van der Waals surface area (Å²) in [4.78, 5) is 21.6. The van der Waals surface area contributed by atoms with E-state index in [9.17, 15) is 9.59 Å². The van der Waals surface area contributed by atoms with Crippen LogP contribution in [0.15, 0.2) is 24.3 Å². The smallest absolute Gasteiger partial charge is 0.307 e. The Morgan fingerprint density at radius 2 is 2.06 bits per heavy atom. The van der Waals surface area contributed by atoms with E-state index in [1.807, 2.05) is 0 Å². The van der Waals surface area contributed by atoms with E-state index in [1.165, 1.54) is 0 Å². The fourth-order valence-electron chi connectivity index (χ4n) is 1.33. The van der Waals surface area contributed by atoms with Crippen LogP contribution in [-0.2, 0) is 16.0 Å². The lowest BCUT2D eigenvalue weighted by Gasteiger charge is -2.09. The molecule has 0 radical (unpaired) electrons. The SMILES string of the molecule is CNC(=O)CCOc1ccccc1CC(=O)O. The van der Waals surface area contributed by atoms with Crippen molar-refractivity contribution in [1.29, 1.82) is 0 Å². The summed E-state index contributed by atoms with van der Waals surface area (Å²) < 4.78 is 5.39. The van der Waals surface area contributed by atoms with Crippen molar-refractivity contribution in [2.75, 3.05) is 13.7 Å². The van der Waals surface area contributed by atoms with Crippen molar-refractivity contribution < 1.29 is 19.4 Å². The van der Waals surface area contributed by atoms with Gasteiger partial charge in [0.15, 0.2) is 0 Å². The van der Waals surface area contributed by atoms with Crippen LogP contribution in [0.2, 0.25) is 0 Å². The largest absolute Gasteiger partial charge is 0.493 e. The molecule has 0 heterocycles. The number of carbonyl (C=O) groups is 2. The molecular formula is C12H15NO4. The monoisotopic (exact) mass is 237 g/mol. The van der Waals surface area contributed by atoms with Crippen LogP contribution in [0.4, 0.5) is 0 Å². The first-order valence-corrected chi connectivity index (χ1v) is 5.26. The van der Waals surface area contributed by atoms with Crippen LogP contribution in [0.5, 0.6) is 5.75 Å². The molecule has 0 saturated carbocycles. The Balaban J connectivity index is 2.57. The molecule has 0 aliphatic carbocycles. The number of hydrogen-bond donors (Lipinski definition) is 2. The van der Waals surface area contributed by atoms with Gasteiger partial charge in [0.1, 0.15) is 5.75 Å². The minimum Gasteiger partial charge on any atom is -0.493 e. The third-order valence-electron chi connectivity index (χ3n) is 2.18. The third-order valence-corrected chi connectivity index (χ3v) is 2.18. The topological polar surface area (TPSA) is 75.6 Å². The van der Waals surface area contributed by atoms with Gasteiger partial charge in [0.2, 0.25) is 5.91 Å². The van der Waals surface area contributed by atoms with Gasteiger partial charge in [-0.15, -0.1) is 0 Å². The number of aliphatic carboxylic acids is 1. The number of ether oxygens (including phenoxy) is 1. The maximum absolute atomic E-state index is 11.0. The predicted octanol–water partition coefficient (Wildman–Crippen LogP) is 0.829. The summed E-state index contributed by atoms with van der Waals surface area (Å²) in [6.07, 6.45) is 0.161. The van der Waals surface area contributed by atoms with Crippen molar-refractivity contribution in [3.63, 3.8) is 0 Å². The molecule has 1 rings (SSSR count). The summed E-state index contributed by atoms with van der Waals surface area (Å²) in [7, 11) is 1.56. The van der Waals surface area contributed by atoms with Crippen LogP contribution >= 0.6 is 0 Å². The van der Waals surface area contributed by atoms with Gasteiger partial charge in [-0.25, -0.2) is 0 Å². The van der Waals surface area contributed by atoms with E-state index in [0.717, 1.165) is 0 Å². The first-order chi connectivity index (χ1) is 8.13. The summed E-state index contributed by atoms with van der Waals surface area (Å²) in [5.41, 5.74) is 0.608. The Labute approximate surface area is 99.4 Å². The average Bonchev–Trinajstić information content (AvgIpc) is 2.30. The van der Waals surface area contributed by atoms with Crippen molar-refractivity contribution in [2.45, 2.75) is 12.8 Å². The Morgan fingerprint density at radius 1 is 1.35 bits per heavy atom. The second-order valence-electron chi connectivity index (χ2n) is 3.45. The highest BCUT2D eigenvalue weighted by atomic mass is 16.5. The fraction of sp³-hybridized carbons (Fsp3) is 0.333. The molecule has 0 unspecified atom stereocenters. The standard InChI is InChI=1S/C12H15NO4/c1-13-11(14)6-7-17-10-5-3-2-4-9(10)8-12(15)16/h2-5H,6-8H2,1H3,(H,13,14)(H,15,16). The van der Waals surface area contributed by atoms with Crippen LogP contribution in [0.1, 0.15) is 12.0 Å². The van der Waals surface area contributed by atoms with E-state index in [1.54, 1.807) is 31.3 Å². The molecule has 0 bridgehead atoms. The lowest BCUT2D eigenvalue weighted by molar-refractivity contribution is -0.136. The highest BCUT2D eigenvalue weighted by Gasteiger charge is 2.07. The number of hydrogen-bond acceptors (Lipinski definition) is 3. The summed E-state index contributed by atoms with van der Waals surface area (Å²) in [5.74, 6) is -0.508. The third kappa shape index (κ3) is 4.55. The lowest BCUT2D eigenvalue weighted by atomic mass is 10.1. The number of carboxylic acids is 1. The Bertz CT molecular complexity index is 403. The maximum Gasteiger partial charge on any atom is 0.307 e. The molecule has 0 aliphatic heterocycles. The van der Waals surface area contributed by atoms with Crippen molar-refractivity contribution >= 4 is 11.9 Å². The molecular weight excluding hydrogens is 222 g/mol. The number of rotatable bonds is 6. The molecule has 92 valence electrons. The van der Waals surface area contributed by atoms with Gasteiger partial charge >= 0.3 is 5.97 Å². The molecule has 0 atom stereocenters. The quantitative estimate of drug-likeness (QED) is 0.768. The fourth-order valence-corrected chi connectivity index (χ4v) is 1.33. The first kappa shape index (κ1) is 13.0. The lowest BCUT2D eigenvalue weighted by Crippen LogP contribution is -2.20. The number of carbonyl (C=O) groups excluding carboxylic acids is 1. The molecule has 1 aromatic rings. The molecule has 0 fully saturated rings. The zero-order chi connectivity index (χ0) is 12.7. The van der Waals surface area contributed by atoms with E-state index in [0.29, 0.717) is 11.3 Å². The molecule has 1 aromatic carbocycles. The molecule has 1 amide bonds. The highest BCUT2D eigenvalue weighted by Crippen LogP contribution is 2.18. The van der Waals surface area contributed by atoms with Crippen molar-refractivity contribution in [2.24, 2.45) is 0 Å². The van der Waals surface area contributed by atoms with E-state index in [4.69, 9.17) is 9.84 Å². The minimum atomic E-state index is -0.910. The minimum absolute atomic E-state index is 0.0872. The number of para-hydroxylation sites is 1. The number of amides is 1. The van der Waals surface area contributed by atoms with Gasteiger partial charge in [-0.05, 0) is 6.07 Å². The Morgan fingerprint density at radius 3 is 2.71 bits per heavy atom. The molecule has 0 spiro atoms. The van der Waals surface area contributed by atoms with Gasteiger partial charge in [0.25, 0.3) is 0 Å². The number of carboxylic acid groups (broad SMARTS) is 1. The van der Waals surface area contributed by atoms with Crippen molar-refractivity contribution in [3.8, 4) is 5.75 Å². The van der Waals surface area contributed by atoms with Gasteiger partial charge in [-0.2, -0.15) is 0 Å². The van der Waals surface area contributed by atoms with E-state index in [2.05, 4.69) is 5.32 Å². The zero-order valence-corrected chi connectivity index (χ0v) is 9.60. The van der Waals surface area contributed by atoms with Crippen molar-refractivity contribution in [1.82, 2.24) is 5.32 Å². The molecule has 5 nitrogen and oxygen atoms in total. The second kappa shape index (κ2) is 6.52. The van der Waals surface area contributed by atoms with Gasteiger partial charge < -0.3 is 15.2 Å². The number of benzene rings is 1. The Kier molecular flexibility index (Phi) is 5.00. The van der Waals surface area contributed by atoms with Gasteiger partial charge in [0, 0.05) is 12.6 Å². The molecule has 5 heteroatoms. The van der Waals surface area contributed by atoms with Gasteiger partial charge in [-0.3, -0.25) is 9.59 Å². The van der Waals surface area contributed by atoms with E-state index in [-0.39, 0.29) is 25.4 Å². The van der Waals surface area contributed by atoms with Crippen LogP contribution < -0.4 is 10.1 Å². The highest BCUT2D eigenvalue weighted by molar-refractivity contribution is 5.75. The summed E-state index contributed by atoms with van der Waals surface area (Å²) in [6.45, 7) is 0.232. The average molecular weight is 237 g/mol. The predicted molar refractivity (Wildman–Crippen MR) is 62.0 cm³/mol. The van der Waals surface area contributed by atoms with Crippen LogP contribution in [-0.4, -0.2) is 30.6 Å². The summed E-state index contributed by atoms with van der Waals surface area (Å²) in [6, 6.07) is 6.91. The Hall–Kier alpha value is -2.04. The van der Waals surface area contributed by atoms with E-state index < -0.39 is 5.97 Å². The summed E-state index contributed by atoms with van der Waals surface area (Å²) in [5, 5.41) is 11.2. The van der Waals surface area contributed by atoms with Crippen LogP contribution in [0.3, 0.4) is 0 Å². The zero-order valence-electron chi connectivity index (χ0n) is 9.60. The van der Waals surface area contributed by atoms with Crippen molar-refractivity contribution in [3.05, 3.63) is 29.8 Å². The molecule has 0 aliphatic rings. The van der Waals surface area contributed by atoms with Gasteiger partial charge in [-0.1, -0.05) is 18.2 Å². The molecule has 17 heavy (non-hydrogen) atoms.